The van der Waals surface area contributed by atoms with Gasteiger partial charge in [0, 0.05) is 24.3 Å². The molecule has 1 unspecified atom stereocenters. The molecule has 31 heavy (non-hydrogen) atoms. The monoisotopic (exact) mass is 441 g/mol. The van der Waals surface area contributed by atoms with E-state index in [1.54, 1.807) is 44.3 Å². The second-order valence-corrected chi connectivity index (χ2v) is 10.8. The molecule has 2 N–H and O–H groups in total. The van der Waals surface area contributed by atoms with Gasteiger partial charge in [0.25, 0.3) is 5.56 Å². The van der Waals surface area contributed by atoms with Crippen molar-refractivity contribution in [3.8, 4) is 0 Å². The Kier molecular flexibility index (Phi) is 5.70. The van der Waals surface area contributed by atoms with Crippen molar-refractivity contribution in [2.24, 2.45) is 10.9 Å². The molecule has 164 valence electrons. The molecular weight excluding hydrogens is 414 g/mol. The Morgan fingerprint density at radius 3 is 2.68 bits per heavy atom. The highest BCUT2D eigenvalue weighted by Crippen LogP contribution is 2.38. The number of fused-ring (bicyclic) bond motifs is 1. The largest absolute Gasteiger partial charge is 0.338 e. The summed E-state index contributed by atoms with van der Waals surface area (Å²) in [4.78, 5) is 19.7. The highest BCUT2D eigenvalue weighted by molar-refractivity contribution is 7.92. The molecule has 2 heterocycles. The van der Waals surface area contributed by atoms with Crippen molar-refractivity contribution in [3.63, 3.8) is 0 Å². The molecule has 8 nitrogen and oxygen atoms in total. The van der Waals surface area contributed by atoms with Crippen molar-refractivity contribution in [1.82, 2.24) is 14.8 Å². The van der Waals surface area contributed by atoms with Crippen LogP contribution < -0.4 is 10.9 Å². The normalized spacial score (nSPS) is 19.2. The van der Waals surface area contributed by atoms with Gasteiger partial charge in [-0.15, -0.1) is 0 Å². The molecule has 1 aliphatic rings. The summed E-state index contributed by atoms with van der Waals surface area (Å²) in [6.45, 7) is 7.62. The molecule has 1 aromatic carbocycles. The summed E-state index contributed by atoms with van der Waals surface area (Å²) in [6.07, 6.45) is 4.76. The van der Waals surface area contributed by atoms with Crippen LogP contribution >= 0.6 is 0 Å². The number of benzene rings is 1. The van der Waals surface area contributed by atoms with Crippen LogP contribution in [0.5, 0.6) is 0 Å². The van der Waals surface area contributed by atoms with E-state index in [9.17, 15) is 13.2 Å². The summed E-state index contributed by atoms with van der Waals surface area (Å²) >= 11 is 0. The number of aliphatic imine (C=N–C) groups is 1. The van der Waals surface area contributed by atoms with Gasteiger partial charge in [0.05, 0.1) is 21.7 Å². The number of H-pyrrole nitrogens is 1. The molecule has 1 fully saturated rings. The summed E-state index contributed by atoms with van der Waals surface area (Å²) in [7, 11) is -3.34. The van der Waals surface area contributed by atoms with Gasteiger partial charge in [0.15, 0.2) is 15.7 Å². The minimum Gasteiger partial charge on any atom is -0.338 e. The van der Waals surface area contributed by atoms with Gasteiger partial charge < -0.3 is 15.3 Å². The predicted molar refractivity (Wildman–Crippen MR) is 123 cm³/mol. The van der Waals surface area contributed by atoms with Crippen LogP contribution in [0.3, 0.4) is 0 Å². The van der Waals surface area contributed by atoms with E-state index < -0.39 is 15.1 Å². The summed E-state index contributed by atoms with van der Waals surface area (Å²) in [5, 5.41) is 7.96. The van der Waals surface area contributed by atoms with Gasteiger partial charge in [0.2, 0.25) is 0 Å². The van der Waals surface area contributed by atoms with E-state index in [2.05, 4.69) is 22.0 Å². The average Bonchev–Trinajstić information content (AvgIpc) is 3.34. The van der Waals surface area contributed by atoms with Crippen LogP contribution in [0.25, 0.3) is 10.9 Å². The lowest BCUT2D eigenvalue weighted by molar-refractivity contribution is 0.369. The molecule has 3 aromatic rings. The van der Waals surface area contributed by atoms with Gasteiger partial charge >= 0.3 is 0 Å². The Labute approximate surface area is 181 Å². The standard InChI is InChI=1S/C22H27N5O3S/c1-14(2)31(29,30)17-9-7-16(8-10-17)25-21-20-19(11-12-24-22(20)28)27(26-21)18-6-4-5-15(18)13-23-3/h7-12,14-15,18H,3-6,13H2,1-2H3,(H,24,28)(H,25,26)/t15-,18?/m0/s1. The minimum absolute atomic E-state index is 0.156. The second kappa shape index (κ2) is 8.30. The molecule has 4 rings (SSSR count). The number of aromatic nitrogens is 3. The molecule has 0 spiro atoms. The fraction of sp³-hybridized carbons (Fsp3) is 0.409. The number of nitrogens with zero attached hydrogens (tertiary/aromatic N) is 3. The quantitative estimate of drug-likeness (QED) is 0.544. The highest BCUT2D eigenvalue weighted by atomic mass is 32.2. The predicted octanol–water partition coefficient (Wildman–Crippen LogP) is 3.69. The van der Waals surface area contributed by atoms with Crippen molar-refractivity contribution in [2.45, 2.75) is 49.3 Å². The minimum atomic E-state index is -3.34. The second-order valence-electron chi connectivity index (χ2n) is 8.27. The van der Waals surface area contributed by atoms with Crippen molar-refractivity contribution in [2.75, 3.05) is 11.9 Å². The Morgan fingerprint density at radius 1 is 1.26 bits per heavy atom. The van der Waals surface area contributed by atoms with Gasteiger partial charge in [-0.3, -0.25) is 9.48 Å². The summed E-state index contributed by atoms with van der Waals surface area (Å²) in [6, 6.07) is 8.55. The molecule has 2 aromatic heterocycles. The van der Waals surface area contributed by atoms with Crippen molar-refractivity contribution in [1.29, 1.82) is 0 Å². The van der Waals surface area contributed by atoms with Crippen LogP contribution in [-0.2, 0) is 9.84 Å². The Bertz CT molecular complexity index is 1260. The summed E-state index contributed by atoms with van der Waals surface area (Å²) in [5.74, 6) is 0.793. The third-order valence-electron chi connectivity index (χ3n) is 5.99. The molecule has 0 radical (unpaired) electrons. The molecular formula is C22H27N5O3S. The van der Waals surface area contributed by atoms with E-state index in [1.807, 2.05) is 10.7 Å². The number of anilines is 2. The lowest BCUT2D eigenvalue weighted by Crippen LogP contribution is -2.18. The number of sulfone groups is 1. The van der Waals surface area contributed by atoms with Crippen molar-refractivity contribution >= 4 is 39.0 Å². The first kappa shape index (κ1) is 21.3. The highest BCUT2D eigenvalue weighted by Gasteiger charge is 2.31. The fourth-order valence-electron chi connectivity index (χ4n) is 4.29. The SMILES string of the molecule is C=NC[C@@H]1CCCC1n1nc(Nc2ccc(S(=O)(=O)C(C)C)cc2)c2c(=O)[nH]ccc21. The third kappa shape index (κ3) is 3.89. The number of nitrogens with one attached hydrogen (secondary N) is 2. The van der Waals surface area contributed by atoms with Crippen LogP contribution in [-0.4, -0.2) is 41.7 Å². The molecule has 1 aliphatic carbocycles. The molecule has 1 saturated carbocycles. The Hall–Kier alpha value is -2.94. The number of hydrogen-bond donors (Lipinski definition) is 2. The molecule has 0 saturated heterocycles. The zero-order valence-corrected chi connectivity index (χ0v) is 18.5. The van der Waals surface area contributed by atoms with Crippen LogP contribution in [0.1, 0.15) is 39.2 Å². The smallest absolute Gasteiger partial charge is 0.261 e. The van der Waals surface area contributed by atoms with E-state index in [1.165, 1.54) is 0 Å². The molecule has 9 heteroatoms. The lowest BCUT2D eigenvalue weighted by Gasteiger charge is -2.19. The summed E-state index contributed by atoms with van der Waals surface area (Å²) < 4.78 is 26.7. The van der Waals surface area contributed by atoms with E-state index >= 15 is 0 Å². The molecule has 2 atom stereocenters. The van der Waals surface area contributed by atoms with Crippen molar-refractivity contribution < 1.29 is 8.42 Å². The average molecular weight is 442 g/mol. The first-order valence-electron chi connectivity index (χ1n) is 10.5. The van der Waals surface area contributed by atoms with Gasteiger partial charge in [-0.1, -0.05) is 6.42 Å². The van der Waals surface area contributed by atoms with Gasteiger partial charge in [-0.05, 0) is 63.7 Å². The molecule has 0 aliphatic heterocycles. The van der Waals surface area contributed by atoms with Crippen LogP contribution in [0, 0.1) is 5.92 Å². The zero-order valence-electron chi connectivity index (χ0n) is 17.7. The van der Waals surface area contributed by atoms with E-state index in [0.717, 1.165) is 24.8 Å². The van der Waals surface area contributed by atoms with Gasteiger partial charge in [0.1, 0.15) is 5.39 Å². The lowest BCUT2D eigenvalue weighted by atomic mass is 10.0. The Balaban J connectivity index is 1.72. The third-order valence-corrected chi connectivity index (χ3v) is 8.16. The molecule has 0 bridgehead atoms. The van der Waals surface area contributed by atoms with Crippen LogP contribution in [0.2, 0.25) is 0 Å². The van der Waals surface area contributed by atoms with Crippen LogP contribution in [0.4, 0.5) is 11.5 Å². The molecule has 0 amide bonds. The number of aromatic amines is 1. The Morgan fingerprint density at radius 2 is 2.00 bits per heavy atom. The number of hydrogen-bond acceptors (Lipinski definition) is 6. The first-order valence-corrected chi connectivity index (χ1v) is 12.0. The van der Waals surface area contributed by atoms with E-state index in [0.29, 0.717) is 29.4 Å². The maximum absolute atomic E-state index is 12.6. The van der Waals surface area contributed by atoms with Gasteiger partial charge in [-0.2, -0.15) is 5.10 Å². The van der Waals surface area contributed by atoms with Gasteiger partial charge in [-0.25, -0.2) is 8.42 Å². The van der Waals surface area contributed by atoms with Crippen molar-refractivity contribution in [3.05, 3.63) is 46.9 Å². The number of pyridine rings is 1. The first-order chi connectivity index (χ1) is 14.8. The number of rotatable bonds is 7. The van der Waals surface area contributed by atoms with E-state index in [-0.39, 0.29) is 16.5 Å². The zero-order chi connectivity index (χ0) is 22.2. The van der Waals surface area contributed by atoms with E-state index in [4.69, 9.17) is 5.10 Å². The maximum atomic E-state index is 12.6. The summed E-state index contributed by atoms with van der Waals surface area (Å²) in [5.41, 5.74) is 1.21. The van der Waals surface area contributed by atoms with Crippen LogP contribution in [0.15, 0.2) is 51.2 Å². The topological polar surface area (TPSA) is 109 Å². The maximum Gasteiger partial charge on any atom is 0.261 e. The fourth-order valence-corrected chi connectivity index (χ4v) is 5.35.